The molecule has 2 heterocycles. The predicted octanol–water partition coefficient (Wildman–Crippen LogP) is 1.88. The van der Waals surface area contributed by atoms with Crippen molar-refractivity contribution in [3.63, 3.8) is 0 Å². The summed E-state index contributed by atoms with van der Waals surface area (Å²) in [7, 11) is 2.08. The molecule has 5 heteroatoms. The summed E-state index contributed by atoms with van der Waals surface area (Å²) in [6.45, 7) is 2.81. The largest absolute Gasteiger partial charge is 0.444 e. The van der Waals surface area contributed by atoms with Gasteiger partial charge in [-0.25, -0.2) is 9.37 Å². The van der Waals surface area contributed by atoms with Crippen LogP contribution in [0.15, 0.2) is 34.9 Å². The molecule has 0 bridgehead atoms. The van der Waals surface area contributed by atoms with Crippen molar-refractivity contribution in [2.45, 2.75) is 12.6 Å². The Labute approximate surface area is 111 Å². The SMILES string of the molecule is CN(Cc1coc(-c2ccc(F)cc2)n1)C1CNC1. The summed E-state index contributed by atoms with van der Waals surface area (Å²) >= 11 is 0. The van der Waals surface area contributed by atoms with Gasteiger partial charge in [0, 0.05) is 31.2 Å². The normalized spacial score (nSPS) is 15.7. The van der Waals surface area contributed by atoms with E-state index in [1.54, 1.807) is 18.4 Å². The highest BCUT2D eigenvalue weighted by atomic mass is 19.1. The fourth-order valence-corrected chi connectivity index (χ4v) is 2.07. The second-order valence-corrected chi connectivity index (χ2v) is 4.88. The number of benzene rings is 1. The molecule has 0 aliphatic carbocycles. The summed E-state index contributed by atoms with van der Waals surface area (Å²) in [5.74, 6) is 0.280. The van der Waals surface area contributed by atoms with Gasteiger partial charge in [-0.05, 0) is 31.3 Å². The Hall–Kier alpha value is -1.72. The van der Waals surface area contributed by atoms with Crippen LogP contribution in [-0.4, -0.2) is 36.1 Å². The Kier molecular flexibility index (Phi) is 3.31. The van der Waals surface area contributed by atoms with E-state index < -0.39 is 0 Å². The van der Waals surface area contributed by atoms with Crippen LogP contribution in [-0.2, 0) is 6.54 Å². The number of rotatable bonds is 4. The molecule has 1 N–H and O–H groups in total. The first kappa shape index (κ1) is 12.3. The van der Waals surface area contributed by atoms with Crippen molar-refractivity contribution in [1.29, 1.82) is 0 Å². The molecule has 100 valence electrons. The van der Waals surface area contributed by atoms with Crippen molar-refractivity contribution in [3.8, 4) is 11.5 Å². The highest BCUT2D eigenvalue weighted by Gasteiger charge is 2.22. The molecule has 1 aliphatic heterocycles. The molecule has 1 fully saturated rings. The molecular weight excluding hydrogens is 245 g/mol. The van der Waals surface area contributed by atoms with E-state index in [0.29, 0.717) is 11.9 Å². The first-order valence-corrected chi connectivity index (χ1v) is 6.33. The lowest BCUT2D eigenvalue weighted by molar-refractivity contribution is 0.171. The number of aromatic nitrogens is 1. The highest BCUT2D eigenvalue weighted by molar-refractivity contribution is 5.52. The van der Waals surface area contributed by atoms with E-state index in [2.05, 4.69) is 22.2 Å². The van der Waals surface area contributed by atoms with Crippen molar-refractivity contribution < 1.29 is 8.81 Å². The number of nitrogens with zero attached hydrogens (tertiary/aromatic N) is 2. The number of hydrogen-bond donors (Lipinski definition) is 1. The molecule has 19 heavy (non-hydrogen) atoms. The average molecular weight is 261 g/mol. The maximum atomic E-state index is 12.9. The Morgan fingerprint density at radius 1 is 1.37 bits per heavy atom. The van der Waals surface area contributed by atoms with Crippen LogP contribution in [0, 0.1) is 5.82 Å². The molecule has 0 radical (unpaired) electrons. The minimum atomic E-state index is -0.257. The number of halogens is 1. The average Bonchev–Trinajstić information content (AvgIpc) is 2.76. The van der Waals surface area contributed by atoms with Gasteiger partial charge in [0.15, 0.2) is 0 Å². The Morgan fingerprint density at radius 2 is 2.11 bits per heavy atom. The monoisotopic (exact) mass is 261 g/mol. The molecule has 1 saturated heterocycles. The van der Waals surface area contributed by atoms with Crippen LogP contribution in [0.1, 0.15) is 5.69 Å². The van der Waals surface area contributed by atoms with Crippen LogP contribution in [0.25, 0.3) is 11.5 Å². The van der Waals surface area contributed by atoms with E-state index in [1.807, 2.05) is 0 Å². The van der Waals surface area contributed by atoms with Gasteiger partial charge in [-0.15, -0.1) is 0 Å². The molecule has 1 aromatic carbocycles. The van der Waals surface area contributed by atoms with E-state index in [4.69, 9.17) is 4.42 Å². The fraction of sp³-hybridized carbons (Fsp3) is 0.357. The zero-order chi connectivity index (χ0) is 13.2. The van der Waals surface area contributed by atoms with Gasteiger partial charge < -0.3 is 9.73 Å². The van der Waals surface area contributed by atoms with E-state index in [9.17, 15) is 4.39 Å². The summed E-state index contributed by atoms with van der Waals surface area (Å²) in [4.78, 5) is 6.69. The van der Waals surface area contributed by atoms with Gasteiger partial charge >= 0.3 is 0 Å². The summed E-state index contributed by atoms with van der Waals surface area (Å²) < 4.78 is 18.3. The lowest BCUT2D eigenvalue weighted by Crippen LogP contribution is -2.55. The third-order valence-corrected chi connectivity index (χ3v) is 3.44. The molecule has 0 amide bonds. The molecule has 0 spiro atoms. The van der Waals surface area contributed by atoms with Crippen LogP contribution >= 0.6 is 0 Å². The van der Waals surface area contributed by atoms with E-state index in [-0.39, 0.29) is 5.82 Å². The van der Waals surface area contributed by atoms with Crippen LogP contribution in [0.2, 0.25) is 0 Å². The first-order chi connectivity index (χ1) is 9.22. The zero-order valence-electron chi connectivity index (χ0n) is 10.8. The molecule has 0 saturated carbocycles. The summed E-state index contributed by atoms with van der Waals surface area (Å²) in [5.41, 5.74) is 1.69. The van der Waals surface area contributed by atoms with Crippen molar-refractivity contribution in [3.05, 3.63) is 42.0 Å². The third kappa shape index (κ3) is 2.67. The highest BCUT2D eigenvalue weighted by Crippen LogP contribution is 2.19. The smallest absolute Gasteiger partial charge is 0.226 e. The van der Waals surface area contributed by atoms with Crippen LogP contribution in [0.5, 0.6) is 0 Å². The van der Waals surface area contributed by atoms with Crippen molar-refractivity contribution in [2.24, 2.45) is 0 Å². The van der Waals surface area contributed by atoms with Gasteiger partial charge in [-0.3, -0.25) is 4.90 Å². The van der Waals surface area contributed by atoms with E-state index >= 15 is 0 Å². The van der Waals surface area contributed by atoms with Gasteiger partial charge in [0.2, 0.25) is 5.89 Å². The maximum Gasteiger partial charge on any atom is 0.226 e. The molecule has 1 aliphatic rings. The van der Waals surface area contributed by atoms with Gasteiger partial charge in [0.05, 0.1) is 5.69 Å². The maximum absolute atomic E-state index is 12.9. The molecule has 2 aromatic rings. The summed E-state index contributed by atoms with van der Waals surface area (Å²) in [5, 5.41) is 3.24. The van der Waals surface area contributed by atoms with E-state index in [0.717, 1.165) is 30.9 Å². The Morgan fingerprint density at radius 3 is 2.74 bits per heavy atom. The number of hydrogen-bond acceptors (Lipinski definition) is 4. The van der Waals surface area contributed by atoms with Gasteiger partial charge in [-0.2, -0.15) is 0 Å². The van der Waals surface area contributed by atoms with Crippen LogP contribution in [0.3, 0.4) is 0 Å². The second kappa shape index (κ2) is 5.11. The molecule has 0 atom stereocenters. The minimum Gasteiger partial charge on any atom is -0.444 e. The van der Waals surface area contributed by atoms with Crippen molar-refractivity contribution >= 4 is 0 Å². The summed E-state index contributed by atoms with van der Waals surface area (Å²) in [6.07, 6.45) is 1.67. The van der Waals surface area contributed by atoms with Gasteiger partial charge in [0.1, 0.15) is 12.1 Å². The first-order valence-electron chi connectivity index (χ1n) is 6.33. The number of likely N-dealkylation sites (N-methyl/N-ethyl adjacent to an activating group) is 1. The Bertz CT molecular complexity index is 548. The predicted molar refractivity (Wildman–Crippen MR) is 70.0 cm³/mol. The third-order valence-electron chi connectivity index (χ3n) is 3.44. The standard InChI is InChI=1S/C14H16FN3O/c1-18(13-6-16-7-13)8-12-9-19-14(17-12)10-2-4-11(15)5-3-10/h2-5,9,13,16H,6-8H2,1H3. The van der Waals surface area contributed by atoms with Crippen molar-refractivity contribution in [2.75, 3.05) is 20.1 Å². The zero-order valence-corrected chi connectivity index (χ0v) is 10.8. The fourth-order valence-electron chi connectivity index (χ4n) is 2.07. The molecule has 4 nitrogen and oxygen atoms in total. The number of nitrogens with one attached hydrogen (secondary N) is 1. The minimum absolute atomic E-state index is 0.257. The van der Waals surface area contributed by atoms with Gasteiger partial charge in [0.25, 0.3) is 0 Å². The lowest BCUT2D eigenvalue weighted by atomic mass is 10.1. The quantitative estimate of drug-likeness (QED) is 0.912. The second-order valence-electron chi connectivity index (χ2n) is 4.88. The van der Waals surface area contributed by atoms with Crippen LogP contribution < -0.4 is 5.32 Å². The van der Waals surface area contributed by atoms with E-state index in [1.165, 1.54) is 12.1 Å². The van der Waals surface area contributed by atoms with Crippen LogP contribution in [0.4, 0.5) is 4.39 Å². The lowest BCUT2D eigenvalue weighted by Gasteiger charge is -2.35. The molecule has 1 aromatic heterocycles. The van der Waals surface area contributed by atoms with Gasteiger partial charge in [-0.1, -0.05) is 0 Å². The topological polar surface area (TPSA) is 41.3 Å². The molecule has 3 rings (SSSR count). The summed E-state index contributed by atoms with van der Waals surface area (Å²) in [6, 6.07) is 6.73. The van der Waals surface area contributed by atoms with Crippen molar-refractivity contribution in [1.82, 2.24) is 15.2 Å². The number of oxazole rings is 1. The Balaban J connectivity index is 1.70. The molecule has 0 unspecified atom stereocenters. The molecular formula is C14H16FN3O.